The van der Waals surface area contributed by atoms with Crippen LogP contribution in [0.5, 0.6) is 11.5 Å². The minimum atomic E-state index is 0.322. The van der Waals surface area contributed by atoms with Gasteiger partial charge in [0, 0.05) is 64.1 Å². The number of benzene rings is 2. The topological polar surface area (TPSA) is 79.2 Å². The molecule has 172 valence electrons. The summed E-state index contributed by atoms with van der Waals surface area (Å²) in [6.07, 6.45) is 1.92. The molecular formula is C25H30N6O2. The molecule has 2 saturated heterocycles. The van der Waals surface area contributed by atoms with E-state index < -0.39 is 0 Å². The van der Waals surface area contributed by atoms with Crippen LogP contribution in [0.4, 0.5) is 23.1 Å². The van der Waals surface area contributed by atoms with Gasteiger partial charge in [-0.25, -0.2) is 4.98 Å². The van der Waals surface area contributed by atoms with E-state index >= 15 is 0 Å². The van der Waals surface area contributed by atoms with Crippen LogP contribution < -0.4 is 19.6 Å². The van der Waals surface area contributed by atoms with Gasteiger partial charge in [-0.1, -0.05) is 24.3 Å². The third-order valence-corrected chi connectivity index (χ3v) is 6.52. The molecule has 2 N–H and O–H groups in total. The summed E-state index contributed by atoms with van der Waals surface area (Å²) in [7, 11) is 0. The molecule has 0 saturated carbocycles. The molecule has 0 radical (unpaired) electrons. The van der Waals surface area contributed by atoms with Crippen LogP contribution in [0.2, 0.25) is 0 Å². The van der Waals surface area contributed by atoms with Gasteiger partial charge in [-0.15, -0.1) is 0 Å². The first kappa shape index (κ1) is 21.2. The Labute approximate surface area is 194 Å². The number of aryl methyl sites for hydroxylation is 1. The second-order valence-corrected chi connectivity index (χ2v) is 8.60. The predicted octanol–water partition coefficient (Wildman–Crippen LogP) is 2.85. The number of phenols is 2. The van der Waals surface area contributed by atoms with Crippen molar-refractivity contribution in [1.82, 2.24) is 9.97 Å². The number of aromatic hydroxyl groups is 2. The largest absolute Gasteiger partial charge is 0.506 e. The van der Waals surface area contributed by atoms with Crippen molar-refractivity contribution >= 4 is 23.1 Å². The van der Waals surface area contributed by atoms with Crippen LogP contribution in [0.1, 0.15) is 5.56 Å². The summed E-state index contributed by atoms with van der Waals surface area (Å²) < 4.78 is 0. The van der Waals surface area contributed by atoms with E-state index in [1.54, 1.807) is 12.1 Å². The van der Waals surface area contributed by atoms with Crippen LogP contribution in [-0.4, -0.2) is 72.5 Å². The zero-order valence-electron chi connectivity index (χ0n) is 18.9. The van der Waals surface area contributed by atoms with Crippen LogP contribution in [0.15, 0.2) is 54.7 Å². The summed E-state index contributed by atoms with van der Waals surface area (Å²) in [6.45, 7) is 8.62. The number of aromatic nitrogens is 2. The lowest BCUT2D eigenvalue weighted by atomic mass is 10.2. The van der Waals surface area contributed by atoms with Crippen molar-refractivity contribution in [3.8, 4) is 11.5 Å². The van der Waals surface area contributed by atoms with Crippen molar-refractivity contribution in [3.63, 3.8) is 0 Å². The van der Waals surface area contributed by atoms with Crippen LogP contribution >= 0.6 is 0 Å². The summed E-state index contributed by atoms with van der Waals surface area (Å²) in [5.74, 6) is 2.40. The molecule has 2 aliphatic heterocycles. The maximum absolute atomic E-state index is 10.2. The van der Waals surface area contributed by atoms with E-state index in [1.807, 2.05) is 42.6 Å². The predicted molar refractivity (Wildman–Crippen MR) is 132 cm³/mol. The van der Waals surface area contributed by atoms with Gasteiger partial charge >= 0.3 is 0 Å². The molecule has 3 heterocycles. The number of nitrogens with zero attached hydrogens (tertiary/aromatic N) is 6. The molecule has 2 aliphatic rings. The fraction of sp³-hybridized carbons (Fsp3) is 0.360. The van der Waals surface area contributed by atoms with Gasteiger partial charge in [0.15, 0.2) is 0 Å². The van der Waals surface area contributed by atoms with E-state index in [1.165, 1.54) is 0 Å². The number of phenolic OH excluding ortho intramolecular Hbond substituents is 2. The van der Waals surface area contributed by atoms with E-state index in [9.17, 15) is 10.2 Å². The van der Waals surface area contributed by atoms with E-state index in [0.29, 0.717) is 11.5 Å². The second-order valence-electron chi connectivity index (χ2n) is 8.60. The van der Waals surface area contributed by atoms with Crippen molar-refractivity contribution in [2.24, 2.45) is 0 Å². The van der Waals surface area contributed by atoms with Crippen molar-refractivity contribution in [1.29, 1.82) is 0 Å². The highest BCUT2D eigenvalue weighted by molar-refractivity contribution is 5.60. The molecule has 2 fully saturated rings. The number of anilines is 4. The van der Waals surface area contributed by atoms with Gasteiger partial charge in [0.1, 0.15) is 17.3 Å². The quantitative estimate of drug-likeness (QED) is 0.634. The fourth-order valence-corrected chi connectivity index (χ4v) is 4.67. The summed E-state index contributed by atoms with van der Waals surface area (Å²) in [5, 5.41) is 20.3. The van der Waals surface area contributed by atoms with Gasteiger partial charge in [0.25, 0.3) is 0 Å². The Balaban J connectivity index is 1.25. The normalized spacial score (nSPS) is 16.9. The molecule has 1 aromatic heterocycles. The van der Waals surface area contributed by atoms with E-state index in [0.717, 1.165) is 81.1 Å². The molecule has 5 rings (SSSR count). The fourth-order valence-electron chi connectivity index (χ4n) is 4.67. The molecular weight excluding hydrogens is 416 g/mol. The summed E-state index contributed by atoms with van der Waals surface area (Å²) in [5.41, 5.74) is 2.84. The number of hydrogen-bond acceptors (Lipinski definition) is 8. The molecule has 0 atom stereocenters. The number of rotatable bonds is 4. The molecule has 0 bridgehead atoms. The van der Waals surface area contributed by atoms with Gasteiger partial charge in [-0.3, -0.25) is 0 Å². The minimum Gasteiger partial charge on any atom is -0.506 e. The van der Waals surface area contributed by atoms with E-state index in [2.05, 4.69) is 31.5 Å². The lowest BCUT2D eigenvalue weighted by Gasteiger charge is -2.38. The van der Waals surface area contributed by atoms with Gasteiger partial charge in [-0.05, 0) is 31.2 Å². The van der Waals surface area contributed by atoms with E-state index in [-0.39, 0.29) is 0 Å². The average molecular weight is 447 g/mol. The van der Waals surface area contributed by atoms with Crippen LogP contribution in [0.25, 0.3) is 0 Å². The molecule has 3 aromatic rings. The van der Waals surface area contributed by atoms with Gasteiger partial charge in [0.2, 0.25) is 5.95 Å². The Bertz CT molecular complexity index is 1110. The van der Waals surface area contributed by atoms with Gasteiger partial charge in [0.05, 0.1) is 11.4 Å². The summed E-state index contributed by atoms with van der Waals surface area (Å²) in [4.78, 5) is 18.5. The number of para-hydroxylation sites is 4. The first-order chi connectivity index (χ1) is 16.1. The molecule has 2 aromatic carbocycles. The average Bonchev–Trinajstić information content (AvgIpc) is 2.85. The van der Waals surface area contributed by atoms with Gasteiger partial charge < -0.3 is 29.8 Å². The second kappa shape index (κ2) is 9.05. The van der Waals surface area contributed by atoms with Crippen molar-refractivity contribution in [3.05, 3.63) is 60.3 Å². The minimum absolute atomic E-state index is 0.322. The molecule has 0 unspecified atom stereocenters. The molecule has 8 nitrogen and oxygen atoms in total. The molecule has 8 heteroatoms. The molecule has 33 heavy (non-hydrogen) atoms. The zero-order chi connectivity index (χ0) is 22.8. The van der Waals surface area contributed by atoms with Gasteiger partial charge in [-0.2, -0.15) is 4.98 Å². The number of piperazine rings is 2. The summed E-state index contributed by atoms with van der Waals surface area (Å²) in [6, 6.07) is 15.0. The SMILES string of the molecule is Cc1cnc(N2CCN(c3ccccc3O)CC2)nc1N1CCN(c2ccccc2O)CC1. The monoisotopic (exact) mass is 446 g/mol. The Morgan fingerprint density at radius 1 is 0.636 bits per heavy atom. The highest BCUT2D eigenvalue weighted by atomic mass is 16.3. The lowest BCUT2D eigenvalue weighted by molar-refractivity contribution is 0.472. The maximum atomic E-state index is 10.2. The third kappa shape index (κ3) is 4.33. The highest BCUT2D eigenvalue weighted by Gasteiger charge is 2.24. The maximum Gasteiger partial charge on any atom is 0.227 e. The van der Waals surface area contributed by atoms with E-state index in [4.69, 9.17) is 4.98 Å². The van der Waals surface area contributed by atoms with Crippen molar-refractivity contribution < 1.29 is 10.2 Å². The highest BCUT2D eigenvalue weighted by Crippen LogP contribution is 2.30. The van der Waals surface area contributed by atoms with Crippen LogP contribution in [-0.2, 0) is 0 Å². The Hall–Kier alpha value is -3.68. The molecule has 0 amide bonds. The van der Waals surface area contributed by atoms with Crippen LogP contribution in [0.3, 0.4) is 0 Å². The van der Waals surface area contributed by atoms with Crippen molar-refractivity contribution in [2.45, 2.75) is 6.92 Å². The smallest absolute Gasteiger partial charge is 0.227 e. The van der Waals surface area contributed by atoms with Crippen molar-refractivity contribution in [2.75, 3.05) is 72.0 Å². The standard InChI is InChI=1S/C25H30N6O2/c1-19-18-26-25(31-16-12-29(13-17-31)21-7-3-5-9-23(21)33)27-24(19)30-14-10-28(11-15-30)20-6-2-4-8-22(20)32/h2-9,18,32-33H,10-17H2,1H3. The summed E-state index contributed by atoms with van der Waals surface area (Å²) >= 11 is 0. The lowest BCUT2D eigenvalue weighted by Crippen LogP contribution is -2.48. The van der Waals surface area contributed by atoms with Crippen LogP contribution in [0, 0.1) is 6.92 Å². The third-order valence-electron chi connectivity index (χ3n) is 6.52. The molecule has 0 aliphatic carbocycles. The number of hydrogen-bond donors (Lipinski definition) is 2. The first-order valence-corrected chi connectivity index (χ1v) is 11.5. The molecule has 0 spiro atoms. The Morgan fingerprint density at radius 2 is 1.09 bits per heavy atom. The Kier molecular flexibility index (Phi) is 5.81. The Morgan fingerprint density at radius 3 is 1.61 bits per heavy atom. The first-order valence-electron chi connectivity index (χ1n) is 11.5. The zero-order valence-corrected chi connectivity index (χ0v) is 18.9.